The van der Waals surface area contributed by atoms with Crippen molar-refractivity contribution >= 4 is 72.6 Å². The Morgan fingerprint density at radius 1 is 0.800 bits per heavy atom. The summed E-state index contributed by atoms with van der Waals surface area (Å²) in [6.07, 6.45) is 0. The van der Waals surface area contributed by atoms with Gasteiger partial charge in [0.1, 0.15) is 19.4 Å². The number of hydrogen-bond acceptors (Lipinski definition) is 2. The summed E-state index contributed by atoms with van der Waals surface area (Å²) in [5.41, 5.74) is 3.85. The monoisotopic (exact) mass is 450 g/mol. The van der Waals surface area contributed by atoms with Gasteiger partial charge in [0.05, 0.1) is 16.6 Å². The van der Waals surface area contributed by atoms with Crippen molar-refractivity contribution in [2.75, 3.05) is 0 Å². The minimum absolute atomic E-state index is 0.222. The number of rotatable bonds is 1. The van der Waals surface area contributed by atoms with Crippen LogP contribution in [0.3, 0.4) is 0 Å². The second-order valence-electron chi connectivity index (χ2n) is 7.73. The van der Waals surface area contributed by atoms with Crippen molar-refractivity contribution in [3.8, 4) is 17.1 Å². The SMILES string of the molecule is Bc1ccc2c(c1)c1cc(Br)ccc1c1[nH]c(-c3c(O)ccc4ccccc34)nc21. The van der Waals surface area contributed by atoms with Gasteiger partial charge in [-0.1, -0.05) is 76.0 Å². The van der Waals surface area contributed by atoms with Gasteiger partial charge in [0, 0.05) is 15.2 Å². The van der Waals surface area contributed by atoms with Gasteiger partial charge in [0.15, 0.2) is 0 Å². The van der Waals surface area contributed by atoms with Gasteiger partial charge < -0.3 is 10.1 Å². The molecule has 0 aliphatic rings. The van der Waals surface area contributed by atoms with Crippen LogP contribution in [0.4, 0.5) is 0 Å². The second kappa shape index (κ2) is 6.35. The lowest BCUT2D eigenvalue weighted by atomic mass is 9.91. The smallest absolute Gasteiger partial charge is 0.142 e. The number of benzene rings is 5. The first-order valence-electron chi connectivity index (χ1n) is 9.82. The van der Waals surface area contributed by atoms with Crippen LogP contribution in [0.25, 0.3) is 54.7 Å². The molecule has 6 aromatic rings. The average Bonchev–Trinajstić information content (AvgIpc) is 3.18. The first kappa shape index (κ1) is 17.5. The third-order valence-corrected chi connectivity index (χ3v) is 6.31. The maximum absolute atomic E-state index is 10.7. The molecule has 0 atom stereocenters. The number of fused-ring (bicyclic) bond motifs is 7. The van der Waals surface area contributed by atoms with E-state index in [0.717, 1.165) is 42.6 Å². The largest absolute Gasteiger partial charge is 0.507 e. The van der Waals surface area contributed by atoms with Crippen LogP contribution in [0.2, 0.25) is 0 Å². The van der Waals surface area contributed by atoms with Crippen LogP contribution in [0, 0.1) is 0 Å². The van der Waals surface area contributed by atoms with E-state index in [4.69, 9.17) is 4.98 Å². The quantitative estimate of drug-likeness (QED) is 0.259. The van der Waals surface area contributed by atoms with Gasteiger partial charge in [-0.05, 0) is 39.7 Å². The van der Waals surface area contributed by atoms with Crippen molar-refractivity contribution in [3.63, 3.8) is 0 Å². The van der Waals surface area contributed by atoms with Crippen molar-refractivity contribution in [1.82, 2.24) is 9.97 Å². The van der Waals surface area contributed by atoms with Gasteiger partial charge >= 0.3 is 0 Å². The van der Waals surface area contributed by atoms with E-state index in [1.165, 1.54) is 16.2 Å². The Balaban J connectivity index is 1.79. The van der Waals surface area contributed by atoms with Gasteiger partial charge in [-0.15, -0.1) is 0 Å². The fraction of sp³-hybridized carbons (Fsp3) is 0. The number of phenolic OH excluding ortho intramolecular Hbond substituents is 1. The van der Waals surface area contributed by atoms with E-state index in [0.29, 0.717) is 5.82 Å². The zero-order valence-corrected chi connectivity index (χ0v) is 17.8. The molecule has 0 saturated heterocycles. The van der Waals surface area contributed by atoms with E-state index < -0.39 is 0 Å². The molecule has 1 aromatic heterocycles. The average molecular weight is 451 g/mol. The number of aromatic hydroxyl groups is 1. The summed E-state index contributed by atoms with van der Waals surface area (Å²) in [6, 6.07) is 24.5. The molecule has 5 heteroatoms. The molecule has 0 spiro atoms. The van der Waals surface area contributed by atoms with Crippen LogP contribution < -0.4 is 5.46 Å². The van der Waals surface area contributed by atoms with E-state index >= 15 is 0 Å². The molecule has 30 heavy (non-hydrogen) atoms. The minimum Gasteiger partial charge on any atom is -0.507 e. The number of nitrogens with one attached hydrogen (secondary N) is 1. The summed E-state index contributed by atoms with van der Waals surface area (Å²) in [5.74, 6) is 0.900. The molecule has 0 fully saturated rings. The lowest BCUT2D eigenvalue weighted by Gasteiger charge is -2.07. The highest BCUT2D eigenvalue weighted by Crippen LogP contribution is 2.39. The zero-order chi connectivity index (χ0) is 20.4. The van der Waals surface area contributed by atoms with Gasteiger partial charge in [-0.25, -0.2) is 4.98 Å². The molecule has 1 heterocycles. The summed E-state index contributed by atoms with van der Waals surface area (Å²) in [4.78, 5) is 8.52. The Labute approximate surface area is 181 Å². The van der Waals surface area contributed by atoms with Crippen LogP contribution in [-0.2, 0) is 0 Å². The topological polar surface area (TPSA) is 48.9 Å². The zero-order valence-electron chi connectivity index (χ0n) is 16.2. The molecule has 0 aliphatic carbocycles. The highest BCUT2D eigenvalue weighted by molar-refractivity contribution is 9.10. The van der Waals surface area contributed by atoms with Gasteiger partial charge in [0.2, 0.25) is 0 Å². The lowest BCUT2D eigenvalue weighted by Crippen LogP contribution is -2.00. The molecule has 0 bridgehead atoms. The first-order chi connectivity index (χ1) is 14.6. The molecular formula is C25H16BBrN2O. The summed E-state index contributed by atoms with van der Waals surface area (Å²) < 4.78 is 1.04. The molecule has 2 N–H and O–H groups in total. The molecule has 0 unspecified atom stereocenters. The Kier molecular flexibility index (Phi) is 3.71. The number of aromatic nitrogens is 2. The van der Waals surface area contributed by atoms with Crippen molar-refractivity contribution in [2.24, 2.45) is 0 Å². The molecule has 0 saturated carbocycles. The predicted molar refractivity (Wildman–Crippen MR) is 132 cm³/mol. The molecule has 6 rings (SSSR count). The van der Waals surface area contributed by atoms with Gasteiger partial charge in [-0.3, -0.25) is 0 Å². The van der Waals surface area contributed by atoms with Crippen molar-refractivity contribution in [3.05, 3.63) is 77.3 Å². The highest BCUT2D eigenvalue weighted by Gasteiger charge is 2.17. The number of aromatic amines is 1. The van der Waals surface area contributed by atoms with E-state index in [2.05, 4.69) is 65.2 Å². The lowest BCUT2D eigenvalue weighted by molar-refractivity contribution is 0.477. The number of halogens is 1. The maximum Gasteiger partial charge on any atom is 0.142 e. The summed E-state index contributed by atoms with van der Waals surface area (Å²) in [5, 5.41) is 17.3. The molecule has 0 radical (unpaired) electrons. The van der Waals surface area contributed by atoms with Crippen molar-refractivity contribution in [1.29, 1.82) is 0 Å². The highest BCUT2D eigenvalue weighted by atomic mass is 79.9. The predicted octanol–water partition coefficient (Wildman–Crippen LogP) is 5.42. The van der Waals surface area contributed by atoms with E-state index in [9.17, 15) is 5.11 Å². The maximum atomic E-state index is 10.7. The van der Waals surface area contributed by atoms with Gasteiger partial charge in [0.25, 0.3) is 0 Å². The number of imidazole rings is 1. The number of phenols is 1. The Morgan fingerprint density at radius 3 is 2.50 bits per heavy atom. The Morgan fingerprint density at radius 2 is 1.60 bits per heavy atom. The fourth-order valence-corrected chi connectivity index (χ4v) is 4.80. The third kappa shape index (κ3) is 2.49. The Bertz CT molecular complexity index is 1560. The summed E-state index contributed by atoms with van der Waals surface area (Å²) >= 11 is 3.62. The second-order valence-corrected chi connectivity index (χ2v) is 8.64. The minimum atomic E-state index is 0.222. The number of hydrogen-bond donors (Lipinski definition) is 2. The molecular weight excluding hydrogens is 435 g/mol. The molecule has 5 aromatic carbocycles. The normalized spacial score (nSPS) is 11.8. The van der Waals surface area contributed by atoms with Crippen molar-refractivity contribution in [2.45, 2.75) is 0 Å². The summed E-state index contributed by atoms with van der Waals surface area (Å²) in [6.45, 7) is 0. The van der Waals surface area contributed by atoms with Crippen molar-refractivity contribution < 1.29 is 5.11 Å². The molecule has 0 amide bonds. The molecule has 3 nitrogen and oxygen atoms in total. The van der Waals surface area contributed by atoms with Crippen LogP contribution in [0.5, 0.6) is 5.75 Å². The van der Waals surface area contributed by atoms with E-state index in [-0.39, 0.29) is 5.75 Å². The van der Waals surface area contributed by atoms with Crippen LogP contribution in [0.1, 0.15) is 0 Å². The van der Waals surface area contributed by atoms with Crippen LogP contribution >= 0.6 is 15.9 Å². The molecule has 0 aliphatic heterocycles. The standard InChI is InChI=1S/C25H16BBrN2O/c26-14-6-8-17-19(11-14)20-12-15(27)7-9-18(20)24-23(17)28-25(29-24)22-16-4-2-1-3-13(16)5-10-21(22)30/h1-12,30H,26H2,(H,28,29). The van der Waals surface area contributed by atoms with E-state index in [1.807, 2.05) is 30.3 Å². The van der Waals surface area contributed by atoms with Gasteiger partial charge in [-0.2, -0.15) is 0 Å². The molecule has 142 valence electrons. The summed E-state index contributed by atoms with van der Waals surface area (Å²) in [7, 11) is 2.11. The fourth-order valence-electron chi connectivity index (χ4n) is 4.44. The number of nitrogens with zero attached hydrogens (tertiary/aromatic N) is 1. The first-order valence-corrected chi connectivity index (χ1v) is 10.6. The third-order valence-electron chi connectivity index (χ3n) is 5.82. The number of H-pyrrole nitrogens is 1. The Hall–Kier alpha value is -3.31. The van der Waals surface area contributed by atoms with E-state index in [1.54, 1.807) is 6.07 Å². The van der Waals surface area contributed by atoms with Crippen LogP contribution in [0.15, 0.2) is 77.3 Å². The van der Waals surface area contributed by atoms with Crippen LogP contribution in [-0.4, -0.2) is 22.9 Å².